The van der Waals surface area contributed by atoms with Crippen molar-refractivity contribution in [3.05, 3.63) is 0 Å². The van der Waals surface area contributed by atoms with E-state index in [0.717, 1.165) is 32.5 Å². The topological polar surface area (TPSA) is 55.8 Å². The van der Waals surface area contributed by atoms with E-state index in [9.17, 15) is 9.90 Å². The first-order valence-electron chi connectivity index (χ1n) is 10.9. The summed E-state index contributed by atoms with van der Waals surface area (Å²) in [5.74, 6) is 0.544. The lowest BCUT2D eigenvalue weighted by molar-refractivity contribution is -0.147. The van der Waals surface area contributed by atoms with E-state index in [4.69, 9.17) is 9.47 Å². The highest BCUT2D eigenvalue weighted by atomic mass is 16.5. The van der Waals surface area contributed by atoms with Crippen LogP contribution in [0.1, 0.15) is 91.4 Å². The Balaban J connectivity index is 1.64. The molecular weight excluding hydrogens is 328 g/mol. The smallest absolute Gasteiger partial charge is 0.309 e. The minimum atomic E-state index is -0.685. The Morgan fingerprint density at radius 2 is 1.73 bits per heavy atom. The maximum absolute atomic E-state index is 11.2. The van der Waals surface area contributed by atoms with Crippen LogP contribution in [0.3, 0.4) is 0 Å². The highest BCUT2D eigenvalue weighted by Gasteiger charge is 2.48. The van der Waals surface area contributed by atoms with Crippen molar-refractivity contribution in [1.82, 2.24) is 0 Å². The molecule has 0 amide bonds. The first-order chi connectivity index (χ1) is 12.5. The third-order valence-electron chi connectivity index (χ3n) is 6.46. The van der Waals surface area contributed by atoms with Crippen LogP contribution in [-0.2, 0) is 14.3 Å². The Bertz CT molecular complexity index is 420. The molecule has 2 aliphatic heterocycles. The summed E-state index contributed by atoms with van der Waals surface area (Å²) in [6, 6.07) is 0. The van der Waals surface area contributed by atoms with Crippen molar-refractivity contribution < 1.29 is 19.4 Å². The summed E-state index contributed by atoms with van der Waals surface area (Å²) < 4.78 is 12.2. The minimum absolute atomic E-state index is 0.423. The standard InChI is InChI=1S/C22H40O4/c1-4-5-6-10-15-25-16-18-17(19-12-13-20(18)26-19)11-8-7-9-14-22(2,3)21(23)24/h17-20H,4-16H2,1-3H3,(H,23,24)/t17-,18+,19-,20+/m1/s1. The van der Waals surface area contributed by atoms with E-state index in [0.29, 0.717) is 24.0 Å². The molecular formula is C22H40O4. The molecule has 2 heterocycles. The second kappa shape index (κ2) is 10.7. The monoisotopic (exact) mass is 368 g/mol. The summed E-state index contributed by atoms with van der Waals surface area (Å²) in [4.78, 5) is 11.2. The quantitative estimate of drug-likeness (QED) is 0.415. The van der Waals surface area contributed by atoms with Gasteiger partial charge in [0, 0.05) is 12.5 Å². The van der Waals surface area contributed by atoms with Crippen molar-refractivity contribution in [2.24, 2.45) is 17.3 Å². The van der Waals surface area contributed by atoms with Crippen molar-refractivity contribution in [2.75, 3.05) is 13.2 Å². The Kier molecular flexibility index (Phi) is 8.89. The van der Waals surface area contributed by atoms with E-state index in [2.05, 4.69) is 6.92 Å². The fourth-order valence-electron chi connectivity index (χ4n) is 4.58. The first kappa shape index (κ1) is 21.7. The van der Waals surface area contributed by atoms with Gasteiger partial charge in [-0.3, -0.25) is 4.79 Å². The molecule has 0 radical (unpaired) electrons. The van der Waals surface area contributed by atoms with Crippen LogP contribution >= 0.6 is 0 Å². The predicted octanol–water partition coefficient (Wildman–Crippen LogP) is 5.44. The maximum atomic E-state index is 11.2. The molecule has 0 aromatic heterocycles. The Hall–Kier alpha value is -0.610. The van der Waals surface area contributed by atoms with Crippen molar-refractivity contribution >= 4 is 5.97 Å². The highest BCUT2D eigenvalue weighted by Crippen LogP contribution is 2.45. The van der Waals surface area contributed by atoms with Crippen molar-refractivity contribution in [3.8, 4) is 0 Å². The number of ether oxygens (including phenoxy) is 2. The second-order valence-corrected chi connectivity index (χ2v) is 9.04. The van der Waals surface area contributed by atoms with E-state index in [-0.39, 0.29) is 0 Å². The summed E-state index contributed by atoms with van der Waals surface area (Å²) >= 11 is 0. The molecule has 2 rings (SSSR count). The molecule has 0 aromatic rings. The van der Waals surface area contributed by atoms with Crippen LogP contribution in [0.25, 0.3) is 0 Å². The van der Waals surface area contributed by atoms with Crippen LogP contribution in [0.15, 0.2) is 0 Å². The molecule has 4 atom stereocenters. The van der Waals surface area contributed by atoms with E-state index >= 15 is 0 Å². The van der Waals surface area contributed by atoms with Crippen LogP contribution in [0.2, 0.25) is 0 Å². The van der Waals surface area contributed by atoms with Gasteiger partial charge >= 0.3 is 5.97 Å². The van der Waals surface area contributed by atoms with Crippen LogP contribution in [0, 0.1) is 17.3 Å². The Labute approximate surface area is 160 Å². The summed E-state index contributed by atoms with van der Waals surface area (Å²) in [5, 5.41) is 9.20. The van der Waals surface area contributed by atoms with E-state index in [1.54, 1.807) is 0 Å². The molecule has 26 heavy (non-hydrogen) atoms. The number of carbonyl (C=O) groups is 1. The molecule has 4 nitrogen and oxygen atoms in total. The molecule has 2 saturated heterocycles. The lowest BCUT2D eigenvalue weighted by Crippen LogP contribution is -2.31. The van der Waals surface area contributed by atoms with Crippen molar-refractivity contribution in [3.63, 3.8) is 0 Å². The highest BCUT2D eigenvalue weighted by molar-refractivity contribution is 5.73. The molecule has 0 saturated carbocycles. The van der Waals surface area contributed by atoms with Gasteiger partial charge in [0.15, 0.2) is 0 Å². The van der Waals surface area contributed by atoms with Gasteiger partial charge in [0.25, 0.3) is 0 Å². The number of carboxylic acids is 1. The number of unbranched alkanes of at least 4 members (excludes halogenated alkanes) is 5. The van der Waals surface area contributed by atoms with Gasteiger partial charge in [-0.05, 0) is 51.9 Å². The lowest BCUT2D eigenvalue weighted by Gasteiger charge is -2.28. The van der Waals surface area contributed by atoms with Gasteiger partial charge < -0.3 is 14.6 Å². The van der Waals surface area contributed by atoms with E-state index in [1.807, 2.05) is 13.8 Å². The number of hydrogen-bond acceptors (Lipinski definition) is 3. The fourth-order valence-corrected chi connectivity index (χ4v) is 4.58. The zero-order valence-electron chi connectivity index (χ0n) is 17.2. The molecule has 4 heteroatoms. The lowest BCUT2D eigenvalue weighted by atomic mass is 9.77. The third kappa shape index (κ3) is 6.23. The molecule has 2 fully saturated rings. The average Bonchev–Trinajstić information content (AvgIpc) is 3.19. The van der Waals surface area contributed by atoms with Gasteiger partial charge in [-0.15, -0.1) is 0 Å². The van der Waals surface area contributed by atoms with Crippen LogP contribution < -0.4 is 0 Å². The number of rotatable bonds is 14. The SMILES string of the molecule is CCCCCCOC[C@H]1[C@@H](CCCCCC(C)(C)C(=O)O)[C@H]2CC[C@@H]1O2. The molecule has 0 unspecified atom stereocenters. The molecule has 2 bridgehead atoms. The van der Waals surface area contributed by atoms with Crippen LogP contribution in [0.4, 0.5) is 0 Å². The Morgan fingerprint density at radius 1 is 1.04 bits per heavy atom. The fraction of sp³-hybridized carbons (Fsp3) is 0.955. The number of carboxylic acid groups (broad SMARTS) is 1. The van der Waals surface area contributed by atoms with Crippen LogP contribution in [-0.4, -0.2) is 36.5 Å². The zero-order valence-corrected chi connectivity index (χ0v) is 17.2. The number of aliphatic carboxylic acids is 1. The molecule has 1 N–H and O–H groups in total. The third-order valence-corrected chi connectivity index (χ3v) is 6.46. The van der Waals surface area contributed by atoms with Crippen LogP contribution in [0.5, 0.6) is 0 Å². The summed E-state index contributed by atoms with van der Waals surface area (Å²) in [6.45, 7) is 7.65. The van der Waals surface area contributed by atoms with Crippen molar-refractivity contribution in [2.45, 2.75) is 104 Å². The first-order valence-corrected chi connectivity index (χ1v) is 10.9. The molecule has 2 aliphatic rings. The molecule has 0 aromatic carbocycles. The molecule has 0 spiro atoms. The van der Waals surface area contributed by atoms with Gasteiger partial charge in [0.2, 0.25) is 0 Å². The van der Waals surface area contributed by atoms with Gasteiger partial charge in [0.1, 0.15) is 0 Å². The van der Waals surface area contributed by atoms with Gasteiger partial charge in [-0.2, -0.15) is 0 Å². The summed E-state index contributed by atoms with van der Waals surface area (Å²) in [7, 11) is 0. The normalized spacial score (nSPS) is 28.0. The zero-order chi connectivity index (χ0) is 19.0. The minimum Gasteiger partial charge on any atom is -0.481 e. The van der Waals surface area contributed by atoms with E-state index in [1.165, 1.54) is 51.4 Å². The predicted molar refractivity (Wildman–Crippen MR) is 104 cm³/mol. The van der Waals surface area contributed by atoms with Gasteiger partial charge in [0.05, 0.1) is 24.2 Å². The summed E-state index contributed by atoms with van der Waals surface area (Å²) in [6.07, 6.45) is 13.6. The maximum Gasteiger partial charge on any atom is 0.309 e. The number of fused-ring (bicyclic) bond motifs is 2. The Morgan fingerprint density at radius 3 is 2.42 bits per heavy atom. The molecule has 152 valence electrons. The van der Waals surface area contributed by atoms with Gasteiger partial charge in [-0.1, -0.05) is 45.4 Å². The molecule has 0 aliphatic carbocycles. The number of hydrogen-bond donors (Lipinski definition) is 1. The average molecular weight is 369 g/mol. The van der Waals surface area contributed by atoms with Gasteiger partial charge in [-0.25, -0.2) is 0 Å². The van der Waals surface area contributed by atoms with Crippen molar-refractivity contribution in [1.29, 1.82) is 0 Å². The summed E-state index contributed by atoms with van der Waals surface area (Å²) in [5.41, 5.74) is -0.594. The second-order valence-electron chi connectivity index (χ2n) is 9.04. The largest absolute Gasteiger partial charge is 0.481 e. The van der Waals surface area contributed by atoms with E-state index < -0.39 is 11.4 Å².